The van der Waals surface area contributed by atoms with Gasteiger partial charge in [-0.2, -0.15) is 0 Å². The molecule has 1 atom stereocenters. The minimum Gasteiger partial charge on any atom is -0.467 e. The first-order chi connectivity index (χ1) is 7.14. The number of hydrogen-bond acceptors (Lipinski definition) is 6. The van der Waals surface area contributed by atoms with E-state index in [2.05, 4.69) is 10.1 Å². The highest BCUT2D eigenvalue weighted by Crippen LogP contribution is 2.20. The largest absolute Gasteiger partial charge is 0.467 e. The van der Waals surface area contributed by atoms with E-state index in [1.807, 2.05) is 0 Å². The van der Waals surface area contributed by atoms with Gasteiger partial charge in [-0.1, -0.05) is 0 Å². The normalized spacial score (nSPS) is 14.9. The topological polar surface area (TPSA) is 84.9 Å². The van der Waals surface area contributed by atoms with E-state index in [4.69, 9.17) is 9.29 Å². The predicted molar refractivity (Wildman–Crippen MR) is 60.0 cm³/mol. The number of alkyl carbamates (subject to hydrolysis) is 1. The van der Waals surface area contributed by atoms with Crippen LogP contribution in [0.4, 0.5) is 4.79 Å². The van der Waals surface area contributed by atoms with E-state index in [-0.39, 0.29) is 12.0 Å². The van der Waals surface area contributed by atoms with Crippen molar-refractivity contribution in [3.63, 3.8) is 0 Å². The molecule has 7 heteroatoms. The van der Waals surface area contributed by atoms with Gasteiger partial charge in [-0.15, -0.1) is 0 Å². The van der Waals surface area contributed by atoms with Crippen molar-refractivity contribution in [1.82, 2.24) is 5.32 Å². The number of esters is 1. The molecule has 16 heavy (non-hydrogen) atoms. The monoisotopic (exact) mass is 251 g/mol. The van der Waals surface area contributed by atoms with Crippen LogP contribution in [0.1, 0.15) is 27.7 Å². The summed E-state index contributed by atoms with van der Waals surface area (Å²) in [4.78, 5) is 21.1. The van der Waals surface area contributed by atoms with E-state index >= 15 is 0 Å². The van der Waals surface area contributed by atoms with Gasteiger partial charge in [0.1, 0.15) is 5.60 Å². The van der Waals surface area contributed by atoms with E-state index in [1.165, 1.54) is 6.92 Å². The third-order valence-corrected chi connectivity index (χ3v) is 2.13. The van der Waals surface area contributed by atoms with Gasteiger partial charge in [-0.05, 0) is 27.7 Å². The number of carbonyl (C=O) groups excluding carboxylic acids is 2. The summed E-state index contributed by atoms with van der Waals surface area (Å²) < 4.78 is 18.4. The van der Waals surface area contributed by atoms with Crippen LogP contribution in [0, 0.1) is 0 Å². The van der Waals surface area contributed by atoms with Gasteiger partial charge in [-0.3, -0.25) is 5.32 Å². The number of carbonyl (C=O) groups is 2. The van der Waals surface area contributed by atoms with Crippen LogP contribution < -0.4 is 5.32 Å². The van der Waals surface area contributed by atoms with Gasteiger partial charge in [0.05, 0.1) is 7.11 Å². The van der Waals surface area contributed by atoms with Gasteiger partial charge in [0.2, 0.25) is 4.87 Å². The number of ether oxygens (including phenoxy) is 2. The van der Waals surface area contributed by atoms with E-state index in [0.29, 0.717) is 0 Å². The molecule has 0 aliphatic carbocycles. The molecule has 0 aliphatic heterocycles. The Kier molecular flexibility index (Phi) is 5.08. The lowest BCUT2D eigenvalue weighted by Gasteiger charge is -2.26. The fourth-order valence-corrected chi connectivity index (χ4v) is 1.09. The second-order valence-corrected chi connectivity index (χ2v) is 5.24. The zero-order valence-corrected chi connectivity index (χ0v) is 10.8. The SMILES string of the molecule is COC(=O)[C@@](C)(NC(=O)OC(C)(C)C)SO. The van der Waals surface area contributed by atoms with Gasteiger partial charge in [0.15, 0.2) is 0 Å². The molecule has 0 saturated carbocycles. The number of hydrogen-bond donors (Lipinski definition) is 2. The Morgan fingerprint density at radius 2 is 1.75 bits per heavy atom. The van der Waals surface area contributed by atoms with Gasteiger partial charge < -0.3 is 14.0 Å². The molecule has 0 bridgehead atoms. The Morgan fingerprint density at radius 3 is 2.06 bits per heavy atom. The summed E-state index contributed by atoms with van der Waals surface area (Å²) in [6.45, 7) is 6.38. The molecular formula is C9H17NO5S. The van der Waals surface area contributed by atoms with Crippen LogP contribution in [0.5, 0.6) is 0 Å². The summed E-state index contributed by atoms with van der Waals surface area (Å²) in [5.74, 6) is -0.772. The third kappa shape index (κ3) is 4.71. The van der Waals surface area contributed by atoms with Gasteiger partial charge in [-0.25, -0.2) is 9.59 Å². The van der Waals surface area contributed by atoms with Crippen molar-refractivity contribution in [2.75, 3.05) is 7.11 Å². The third-order valence-electron chi connectivity index (χ3n) is 1.50. The van der Waals surface area contributed by atoms with E-state index in [0.717, 1.165) is 7.11 Å². The van der Waals surface area contributed by atoms with Gasteiger partial charge in [0, 0.05) is 12.0 Å². The Hall–Kier alpha value is -0.950. The van der Waals surface area contributed by atoms with Crippen molar-refractivity contribution < 1.29 is 23.6 Å². The maximum atomic E-state index is 11.4. The van der Waals surface area contributed by atoms with Crippen molar-refractivity contribution in [1.29, 1.82) is 0 Å². The van der Waals surface area contributed by atoms with Crippen LogP contribution in [-0.4, -0.2) is 34.2 Å². The average Bonchev–Trinajstić information content (AvgIpc) is 2.13. The quantitative estimate of drug-likeness (QED) is 0.450. The first-order valence-corrected chi connectivity index (χ1v) is 5.34. The van der Waals surface area contributed by atoms with Crippen LogP contribution in [0.2, 0.25) is 0 Å². The highest BCUT2D eigenvalue weighted by atomic mass is 32.2. The molecule has 6 nitrogen and oxygen atoms in total. The fraction of sp³-hybridized carbons (Fsp3) is 0.778. The Morgan fingerprint density at radius 1 is 1.25 bits per heavy atom. The highest BCUT2D eigenvalue weighted by molar-refractivity contribution is 7.95. The molecule has 94 valence electrons. The summed E-state index contributed by atoms with van der Waals surface area (Å²) in [5, 5.41) is 2.23. The summed E-state index contributed by atoms with van der Waals surface area (Å²) in [5.41, 5.74) is -0.679. The zero-order valence-electron chi connectivity index (χ0n) is 9.99. The molecule has 0 aromatic carbocycles. The molecule has 0 rings (SSSR count). The lowest BCUT2D eigenvalue weighted by Crippen LogP contribution is -2.51. The molecule has 0 saturated heterocycles. The molecule has 0 aliphatic rings. The second kappa shape index (κ2) is 5.40. The second-order valence-electron chi connectivity index (χ2n) is 4.24. The first-order valence-electron chi connectivity index (χ1n) is 4.57. The van der Waals surface area contributed by atoms with Crippen molar-refractivity contribution in [2.45, 2.75) is 38.2 Å². The Bertz CT molecular complexity index is 276. The molecule has 0 unspecified atom stereocenters. The average molecular weight is 251 g/mol. The van der Waals surface area contributed by atoms with Crippen LogP contribution >= 0.6 is 12.0 Å². The Labute approximate surface area is 98.9 Å². The standard InChI is InChI=1S/C9H17NO5S/c1-8(2,3)15-7(12)10-9(4,16-13)6(11)14-5/h13H,1-5H3,(H,10,12)/t9-/m0/s1. The van der Waals surface area contributed by atoms with E-state index in [1.54, 1.807) is 20.8 Å². The molecule has 1 amide bonds. The number of amides is 1. The molecule has 2 N–H and O–H groups in total. The van der Waals surface area contributed by atoms with Crippen molar-refractivity contribution in [3.8, 4) is 0 Å². The number of rotatable bonds is 3. The maximum Gasteiger partial charge on any atom is 0.409 e. The molecule has 0 spiro atoms. The lowest BCUT2D eigenvalue weighted by atomic mass is 10.2. The minimum absolute atomic E-state index is 0.173. The molecule has 0 aromatic rings. The van der Waals surface area contributed by atoms with Crippen LogP contribution in [0.15, 0.2) is 0 Å². The molecule has 0 aromatic heterocycles. The van der Waals surface area contributed by atoms with Gasteiger partial charge >= 0.3 is 12.1 Å². The van der Waals surface area contributed by atoms with Crippen LogP contribution in [0.25, 0.3) is 0 Å². The Balaban J connectivity index is 4.55. The number of methoxy groups -OCH3 is 1. The molecule has 0 fully saturated rings. The lowest BCUT2D eigenvalue weighted by molar-refractivity contribution is -0.144. The molecular weight excluding hydrogens is 234 g/mol. The summed E-state index contributed by atoms with van der Waals surface area (Å²) >= 11 is 0.173. The smallest absolute Gasteiger partial charge is 0.409 e. The molecule has 0 heterocycles. The summed E-state index contributed by atoms with van der Waals surface area (Å²) in [6, 6.07) is 0. The summed E-state index contributed by atoms with van der Waals surface area (Å²) in [7, 11) is 1.16. The van der Waals surface area contributed by atoms with Crippen molar-refractivity contribution >= 4 is 24.1 Å². The van der Waals surface area contributed by atoms with E-state index < -0.39 is 22.5 Å². The number of nitrogens with one attached hydrogen (secondary N) is 1. The van der Waals surface area contributed by atoms with Gasteiger partial charge in [0.25, 0.3) is 0 Å². The van der Waals surface area contributed by atoms with Crippen LogP contribution in [-0.2, 0) is 14.3 Å². The zero-order chi connectivity index (χ0) is 13.0. The molecule has 0 radical (unpaired) electrons. The minimum atomic E-state index is -1.57. The first kappa shape index (κ1) is 15.0. The fourth-order valence-electron chi connectivity index (χ4n) is 0.804. The van der Waals surface area contributed by atoms with E-state index in [9.17, 15) is 9.59 Å². The van der Waals surface area contributed by atoms with Crippen molar-refractivity contribution in [3.05, 3.63) is 0 Å². The predicted octanol–water partition coefficient (Wildman–Crippen LogP) is 1.61. The highest BCUT2D eigenvalue weighted by Gasteiger charge is 2.38. The van der Waals surface area contributed by atoms with Crippen LogP contribution in [0.3, 0.4) is 0 Å². The maximum absolute atomic E-state index is 11.4. The van der Waals surface area contributed by atoms with Crippen molar-refractivity contribution in [2.24, 2.45) is 0 Å². The summed E-state index contributed by atoms with van der Waals surface area (Å²) in [6.07, 6.45) is -0.804.